The molecular formula is C13H13NO4. The van der Waals surface area contributed by atoms with E-state index >= 15 is 0 Å². The fourth-order valence-corrected chi connectivity index (χ4v) is 1.24. The van der Waals surface area contributed by atoms with Crippen molar-refractivity contribution in [2.45, 2.75) is 6.92 Å². The number of aldehydes is 1. The van der Waals surface area contributed by atoms with Crippen LogP contribution in [-0.2, 0) is 14.3 Å². The number of ketones is 1. The first-order valence-corrected chi connectivity index (χ1v) is 5.32. The van der Waals surface area contributed by atoms with E-state index in [1.807, 2.05) is 0 Å². The standard InChI is InChI=1S/C13H13NO4/c1-2-18-13(17)12(16)7-11(14)10-5-3-9(8-15)4-6-10/h3-8H,2,14H2,1H3. The maximum absolute atomic E-state index is 11.4. The first kappa shape index (κ1) is 13.6. The highest BCUT2D eigenvalue weighted by Crippen LogP contribution is 2.09. The molecule has 0 fully saturated rings. The highest BCUT2D eigenvalue weighted by molar-refractivity contribution is 6.39. The molecule has 0 saturated carbocycles. The molecule has 1 aromatic carbocycles. The van der Waals surface area contributed by atoms with Gasteiger partial charge in [-0.25, -0.2) is 4.79 Å². The Morgan fingerprint density at radius 2 is 1.89 bits per heavy atom. The second-order valence-electron chi connectivity index (χ2n) is 3.42. The average molecular weight is 247 g/mol. The van der Waals surface area contributed by atoms with E-state index in [0.29, 0.717) is 17.4 Å². The molecule has 94 valence electrons. The number of hydrogen-bond acceptors (Lipinski definition) is 5. The third-order valence-corrected chi connectivity index (χ3v) is 2.14. The van der Waals surface area contributed by atoms with Crippen LogP contribution < -0.4 is 5.73 Å². The largest absolute Gasteiger partial charge is 0.460 e. The maximum Gasteiger partial charge on any atom is 0.379 e. The fourth-order valence-electron chi connectivity index (χ4n) is 1.24. The molecule has 0 aromatic heterocycles. The van der Waals surface area contributed by atoms with E-state index < -0.39 is 11.8 Å². The van der Waals surface area contributed by atoms with Gasteiger partial charge in [0.15, 0.2) is 0 Å². The normalized spacial score (nSPS) is 10.8. The van der Waals surface area contributed by atoms with Gasteiger partial charge >= 0.3 is 5.97 Å². The van der Waals surface area contributed by atoms with Crippen molar-refractivity contribution in [3.8, 4) is 0 Å². The number of hydrogen-bond donors (Lipinski definition) is 1. The maximum atomic E-state index is 11.4. The van der Waals surface area contributed by atoms with Crippen molar-refractivity contribution in [3.63, 3.8) is 0 Å². The molecule has 0 unspecified atom stereocenters. The Morgan fingerprint density at radius 1 is 1.28 bits per heavy atom. The highest BCUT2D eigenvalue weighted by Gasteiger charge is 2.12. The van der Waals surface area contributed by atoms with Gasteiger partial charge in [0.1, 0.15) is 6.29 Å². The van der Waals surface area contributed by atoms with Crippen LogP contribution in [-0.4, -0.2) is 24.6 Å². The Labute approximate surface area is 104 Å². The molecule has 18 heavy (non-hydrogen) atoms. The Kier molecular flexibility index (Phi) is 4.80. The summed E-state index contributed by atoms with van der Waals surface area (Å²) in [4.78, 5) is 32.9. The Morgan fingerprint density at radius 3 is 2.39 bits per heavy atom. The lowest BCUT2D eigenvalue weighted by Crippen LogP contribution is -2.16. The average Bonchev–Trinajstić information content (AvgIpc) is 2.39. The minimum atomic E-state index is -0.940. The van der Waals surface area contributed by atoms with Gasteiger partial charge in [0.25, 0.3) is 5.78 Å². The van der Waals surface area contributed by atoms with Crippen LogP contribution in [0.3, 0.4) is 0 Å². The Bertz CT molecular complexity index is 488. The Hall–Kier alpha value is -2.43. The van der Waals surface area contributed by atoms with E-state index in [1.165, 1.54) is 0 Å². The summed E-state index contributed by atoms with van der Waals surface area (Å²) in [5.41, 5.74) is 6.87. The summed E-state index contributed by atoms with van der Waals surface area (Å²) in [6.07, 6.45) is 1.71. The zero-order valence-corrected chi connectivity index (χ0v) is 9.88. The molecule has 0 aliphatic rings. The number of benzene rings is 1. The predicted molar refractivity (Wildman–Crippen MR) is 65.6 cm³/mol. The number of esters is 1. The lowest BCUT2D eigenvalue weighted by molar-refractivity contribution is -0.151. The number of rotatable bonds is 5. The van der Waals surface area contributed by atoms with Gasteiger partial charge in [0, 0.05) is 17.3 Å². The SMILES string of the molecule is CCOC(=O)C(=O)C=C(N)c1ccc(C=O)cc1. The third kappa shape index (κ3) is 3.55. The van der Waals surface area contributed by atoms with Crippen LogP contribution in [0.25, 0.3) is 5.70 Å². The van der Waals surface area contributed by atoms with Gasteiger partial charge in [-0.3, -0.25) is 9.59 Å². The van der Waals surface area contributed by atoms with Gasteiger partial charge in [-0.05, 0) is 12.5 Å². The van der Waals surface area contributed by atoms with E-state index in [0.717, 1.165) is 6.08 Å². The first-order chi connectivity index (χ1) is 8.58. The second-order valence-corrected chi connectivity index (χ2v) is 3.42. The molecule has 2 N–H and O–H groups in total. The van der Waals surface area contributed by atoms with Gasteiger partial charge < -0.3 is 10.5 Å². The van der Waals surface area contributed by atoms with Crippen LogP contribution >= 0.6 is 0 Å². The summed E-state index contributed by atoms with van der Waals surface area (Å²) < 4.78 is 4.54. The van der Waals surface area contributed by atoms with Crippen LogP contribution in [0, 0.1) is 0 Å². The van der Waals surface area contributed by atoms with Crippen molar-refractivity contribution in [2.75, 3.05) is 6.61 Å². The van der Waals surface area contributed by atoms with Crippen LogP contribution in [0.5, 0.6) is 0 Å². The molecule has 0 amide bonds. The minimum absolute atomic E-state index is 0.131. The van der Waals surface area contributed by atoms with E-state index in [-0.39, 0.29) is 12.3 Å². The summed E-state index contributed by atoms with van der Waals surface area (Å²) in [5, 5.41) is 0. The highest BCUT2D eigenvalue weighted by atomic mass is 16.5. The summed E-state index contributed by atoms with van der Waals surface area (Å²) in [6, 6.07) is 6.32. The third-order valence-electron chi connectivity index (χ3n) is 2.14. The molecule has 0 aliphatic carbocycles. The van der Waals surface area contributed by atoms with Crippen LogP contribution in [0.15, 0.2) is 30.3 Å². The topological polar surface area (TPSA) is 86.5 Å². The van der Waals surface area contributed by atoms with Gasteiger partial charge in [0.05, 0.1) is 6.61 Å². The minimum Gasteiger partial charge on any atom is -0.460 e. The number of carbonyl (C=O) groups excluding carboxylic acids is 3. The van der Waals surface area contributed by atoms with Gasteiger partial charge in [-0.15, -0.1) is 0 Å². The lowest BCUT2D eigenvalue weighted by atomic mass is 10.1. The number of nitrogens with two attached hydrogens (primary N) is 1. The molecule has 0 spiro atoms. The van der Waals surface area contributed by atoms with Gasteiger partial charge in [-0.1, -0.05) is 24.3 Å². The summed E-state index contributed by atoms with van der Waals surface area (Å²) in [6.45, 7) is 1.74. The molecule has 0 bridgehead atoms. The zero-order chi connectivity index (χ0) is 13.5. The van der Waals surface area contributed by atoms with E-state index in [4.69, 9.17) is 5.73 Å². The monoisotopic (exact) mass is 247 g/mol. The van der Waals surface area contributed by atoms with Crippen molar-refractivity contribution < 1.29 is 19.1 Å². The second kappa shape index (κ2) is 6.34. The van der Waals surface area contributed by atoms with E-state index in [1.54, 1.807) is 31.2 Å². The number of ether oxygens (including phenoxy) is 1. The molecule has 5 heteroatoms. The molecule has 1 aromatic rings. The van der Waals surface area contributed by atoms with Gasteiger partial charge in [-0.2, -0.15) is 0 Å². The summed E-state index contributed by atoms with van der Waals surface area (Å²) >= 11 is 0. The van der Waals surface area contributed by atoms with Crippen molar-refractivity contribution in [1.29, 1.82) is 0 Å². The molecule has 0 saturated heterocycles. The van der Waals surface area contributed by atoms with Crippen LogP contribution in [0.4, 0.5) is 0 Å². The molecule has 0 radical (unpaired) electrons. The van der Waals surface area contributed by atoms with Crippen molar-refractivity contribution in [1.82, 2.24) is 0 Å². The van der Waals surface area contributed by atoms with E-state index in [9.17, 15) is 14.4 Å². The van der Waals surface area contributed by atoms with Crippen molar-refractivity contribution in [3.05, 3.63) is 41.5 Å². The smallest absolute Gasteiger partial charge is 0.379 e. The Balaban J connectivity index is 2.84. The van der Waals surface area contributed by atoms with Crippen molar-refractivity contribution >= 4 is 23.7 Å². The summed E-state index contributed by atoms with van der Waals surface area (Å²) in [5.74, 6) is -1.75. The fraction of sp³-hybridized carbons (Fsp3) is 0.154. The predicted octanol–water partition coefficient (Wildman–Crippen LogP) is 0.931. The number of carbonyl (C=O) groups is 3. The molecule has 5 nitrogen and oxygen atoms in total. The molecule has 0 aliphatic heterocycles. The van der Waals surface area contributed by atoms with Crippen molar-refractivity contribution in [2.24, 2.45) is 5.73 Å². The van der Waals surface area contributed by atoms with Crippen LogP contribution in [0.2, 0.25) is 0 Å². The zero-order valence-electron chi connectivity index (χ0n) is 9.88. The molecule has 0 heterocycles. The van der Waals surface area contributed by atoms with Gasteiger partial charge in [0.2, 0.25) is 0 Å². The molecule has 0 atom stereocenters. The molecular weight excluding hydrogens is 234 g/mol. The summed E-state index contributed by atoms with van der Waals surface area (Å²) in [7, 11) is 0. The first-order valence-electron chi connectivity index (χ1n) is 5.32. The van der Waals surface area contributed by atoms with Crippen LogP contribution in [0.1, 0.15) is 22.8 Å². The lowest BCUT2D eigenvalue weighted by Gasteiger charge is -2.02. The van der Waals surface area contributed by atoms with E-state index in [2.05, 4.69) is 4.74 Å². The molecule has 1 rings (SSSR count). The quantitative estimate of drug-likeness (QED) is 0.362.